The molecule has 0 spiro atoms. The Labute approximate surface area is 171 Å². The van der Waals surface area contributed by atoms with Crippen LogP contribution in [0.15, 0.2) is 72.9 Å². The van der Waals surface area contributed by atoms with Crippen molar-refractivity contribution in [2.45, 2.75) is 33.6 Å². The van der Waals surface area contributed by atoms with Crippen LogP contribution in [-0.4, -0.2) is 0 Å². The fourth-order valence-electron chi connectivity index (χ4n) is 4.05. The third-order valence-corrected chi connectivity index (χ3v) is 5.56. The lowest BCUT2D eigenvalue weighted by Gasteiger charge is -2.17. The van der Waals surface area contributed by atoms with Gasteiger partial charge in [-0.1, -0.05) is 67.9 Å². The number of hydrogen-bond acceptors (Lipinski definition) is 0. The van der Waals surface area contributed by atoms with E-state index in [9.17, 15) is 0 Å². The van der Waals surface area contributed by atoms with Gasteiger partial charge < -0.3 is 0 Å². The van der Waals surface area contributed by atoms with Crippen molar-refractivity contribution < 1.29 is 7.31 Å². The van der Waals surface area contributed by atoms with Crippen molar-refractivity contribution in [1.82, 2.24) is 0 Å². The summed E-state index contributed by atoms with van der Waals surface area (Å²) in [5.74, 6) is 0.386. The lowest BCUT2D eigenvalue weighted by atomic mass is 9.87. The summed E-state index contributed by atoms with van der Waals surface area (Å²) in [6, 6.07) is 21.4. The van der Waals surface area contributed by atoms with Crippen LogP contribution in [0.4, 0.5) is 0 Å². The summed E-state index contributed by atoms with van der Waals surface area (Å²) in [4.78, 5) is 0. The fourth-order valence-corrected chi connectivity index (χ4v) is 4.05. The van der Waals surface area contributed by atoms with Gasteiger partial charge in [-0.2, -0.15) is 0 Å². The molecule has 0 aliphatic rings. The van der Waals surface area contributed by atoms with Gasteiger partial charge in [-0.3, -0.25) is 0 Å². The Bertz CT molecular complexity index is 1260. The van der Waals surface area contributed by atoms with Gasteiger partial charge in [0.1, 0.15) is 8.42 Å². The van der Waals surface area contributed by atoms with Crippen LogP contribution in [0.3, 0.4) is 0 Å². The van der Waals surface area contributed by atoms with Crippen molar-refractivity contribution in [3.63, 3.8) is 0 Å². The second-order valence-corrected chi connectivity index (χ2v) is 7.95. The van der Waals surface area contributed by atoms with Crippen LogP contribution in [0, 0.1) is 13.8 Å². The van der Waals surface area contributed by atoms with Crippen LogP contribution in [0.1, 0.15) is 39.2 Å². The van der Waals surface area contributed by atoms with Gasteiger partial charge in [0.05, 0.1) is 12.3 Å². The molecule has 0 radical (unpaired) electrons. The van der Waals surface area contributed by atoms with Crippen molar-refractivity contribution in [3.8, 4) is 22.4 Å². The average Bonchev–Trinajstić information content (AvgIpc) is 2.73. The Morgan fingerprint density at radius 3 is 2.36 bits per heavy atom. The molecule has 1 heteroatoms. The first kappa shape index (κ1) is 16.1. The second kappa shape index (κ2) is 7.24. The third-order valence-electron chi connectivity index (χ3n) is 5.56. The highest BCUT2D eigenvalue weighted by molar-refractivity contribution is 5.95. The number of rotatable bonds is 3. The highest BCUT2D eigenvalue weighted by Gasteiger charge is 2.21. The summed E-state index contributed by atoms with van der Waals surface area (Å²) in [5, 5.41) is 1.86. The molecule has 3 aromatic carbocycles. The molecule has 1 nitrogen and oxygen atoms in total. The van der Waals surface area contributed by atoms with Gasteiger partial charge in [0.25, 0.3) is 0 Å². The highest BCUT2D eigenvalue weighted by Crippen LogP contribution is 2.36. The van der Waals surface area contributed by atoms with Gasteiger partial charge in [0.15, 0.2) is 6.17 Å². The molecule has 0 unspecified atom stereocenters. The molecule has 0 aliphatic carbocycles. The van der Waals surface area contributed by atoms with Crippen LogP contribution in [0.25, 0.3) is 33.2 Å². The molecule has 1 heterocycles. The molecule has 4 rings (SSSR count). The van der Waals surface area contributed by atoms with Crippen LogP contribution in [0.2, 0.25) is 0 Å². The predicted octanol–water partition coefficient (Wildman–Crippen LogP) is 6.74. The fraction of sp³-hybridized carbons (Fsp3) is 0.222. The molecule has 0 bridgehead atoms. The third kappa shape index (κ3) is 3.22. The summed E-state index contributed by atoms with van der Waals surface area (Å²) < 4.78 is 18.9. The Kier molecular flexibility index (Phi) is 4.15. The summed E-state index contributed by atoms with van der Waals surface area (Å²) in [7, 11) is 1.90. The maximum absolute atomic E-state index is 8.57. The second-order valence-electron chi connectivity index (χ2n) is 7.95. The van der Waals surface area contributed by atoms with Crippen LogP contribution < -0.4 is 4.57 Å². The van der Waals surface area contributed by atoms with E-state index in [1.165, 1.54) is 22.3 Å². The molecular formula is C27H28N+. The predicted molar refractivity (Wildman–Crippen MR) is 120 cm³/mol. The molecule has 0 aliphatic heterocycles. The van der Waals surface area contributed by atoms with Gasteiger partial charge in [-0.25, -0.2) is 4.57 Å². The van der Waals surface area contributed by atoms with Gasteiger partial charge in [0, 0.05) is 6.04 Å². The van der Waals surface area contributed by atoms with Gasteiger partial charge >= 0.3 is 0 Å². The number of benzene rings is 3. The first-order valence-electron chi connectivity index (χ1n) is 10.9. The molecule has 0 fully saturated rings. The number of aryl methyl sites for hydroxylation is 1. The molecule has 0 N–H and O–H groups in total. The van der Waals surface area contributed by atoms with E-state index in [2.05, 4.69) is 70.2 Å². The molecule has 0 amide bonds. The molecule has 140 valence electrons. The first-order valence-corrected chi connectivity index (χ1v) is 9.89. The van der Waals surface area contributed by atoms with Crippen molar-refractivity contribution >= 4 is 10.8 Å². The average molecular weight is 369 g/mol. The summed E-state index contributed by atoms with van der Waals surface area (Å²) >= 11 is 0. The summed E-state index contributed by atoms with van der Waals surface area (Å²) in [5.41, 5.74) is 8.21. The molecule has 4 aromatic rings. The number of hydrogen-bond donors (Lipinski definition) is 0. The number of aromatic nitrogens is 1. The molecule has 28 heavy (non-hydrogen) atoms. The number of fused-ring (bicyclic) bond motifs is 1. The SMILES string of the molecule is [2H]c1c([2H])[n+](C)c(-c2cc(-c3ccccc3)cc(C(C)C)c2C)c2cc(C)ccc12. The van der Waals surface area contributed by atoms with Crippen molar-refractivity contribution in [2.75, 3.05) is 0 Å². The Hall–Kier alpha value is -2.93. The summed E-state index contributed by atoms with van der Waals surface area (Å²) in [6.07, 6.45) is 0.233. The van der Waals surface area contributed by atoms with Gasteiger partial charge in [0.2, 0.25) is 5.69 Å². The van der Waals surface area contributed by atoms with Gasteiger partial charge in [-0.05, 0) is 59.5 Å². The van der Waals surface area contributed by atoms with E-state index in [1.54, 1.807) is 0 Å². The minimum absolute atomic E-state index is 0.233. The van der Waals surface area contributed by atoms with E-state index in [1.807, 2.05) is 29.8 Å². The minimum atomic E-state index is 0.233. The van der Waals surface area contributed by atoms with Crippen LogP contribution >= 0.6 is 0 Å². The van der Waals surface area contributed by atoms with Crippen molar-refractivity contribution in [1.29, 1.82) is 0 Å². The zero-order valence-electron chi connectivity index (χ0n) is 19.3. The topological polar surface area (TPSA) is 3.88 Å². The Morgan fingerprint density at radius 2 is 1.64 bits per heavy atom. The lowest BCUT2D eigenvalue weighted by molar-refractivity contribution is -0.659. The largest absolute Gasteiger partial charge is 0.220 e. The monoisotopic (exact) mass is 368 g/mol. The lowest BCUT2D eigenvalue weighted by Crippen LogP contribution is -2.31. The maximum Gasteiger partial charge on any atom is 0.220 e. The Morgan fingerprint density at radius 1 is 0.893 bits per heavy atom. The standard InChI is InChI=1S/C27H28N/c1-18(2)24-16-23(21-9-7-6-8-10-21)17-25(20(24)4)27-26-15-19(3)11-12-22(26)13-14-28(27)5/h6-18H,1-5H3/q+1/i13D,14D. The van der Waals surface area contributed by atoms with E-state index < -0.39 is 0 Å². The zero-order valence-corrected chi connectivity index (χ0v) is 17.3. The number of nitrogens with zero attached hydrogens (tertiary/aromatic N) is 1. The number of pyridine rings is 1. The maximum atomic E-state index is 8.57. The van der Waals surface area contributed by atoms with Crippen LogP contribution in [-0.2, 0) is 7.05 Å². The highest BCUT2D eigenvalue weighted by atomic mass is 14.9. The molecular weight excluding hydrogens is 338 g/mol. The first-order chi connectivity index (χ1) is 14.3. The van der Waals surface area contributed by atoms with Crippen molar-refractivity contribution in [3.05, 3.63) is 89.6 Å². The zero-order chi connectivity index (χ0) is 21.6. The van der Waals surface area contributed by atoms with E-state index >= 15 is 0 Å². The van der Waals surface area contributed by atoms with Crippen LogP contribution in [0.5, 0.6) is 0 Å². The summed E-state index contributed by atoms with van der Waals surface area (Å²) in [6.45, 7) is 8.71. The van der Waals surface area contributed by atoms with E-state index in [4.69, 9.17) is 2.74 Å². The molecule has 0 atom stereocenters. The molecule has 0 saturated carbocycles. The van der Waals surface area contributed by atoms with Crippen molar-refractivity contribution in [2.24, 2.45) is 7.05 Å². The Balaban J connectivity index is 2.14. The molecule has 0 saturated heterocycles. The minimum Gasteiger partial charge on any atom is -0.200 e. The van der Waals surface area contributed by atoms with E-state index in [0.717, 1.165) is 27.6 Å². The quantitative estimate of drug-likeness (QED) is 0.353. The van der Waals surface area contributed by atoms with E-state index in [-0.39, 0.29) is 12.2 Å². The normalized spacial score (nSPS) is 12.4. The van der Waals surface area contributed by atoms with E-state index in [0.29, 0.717) is 5.92 Å². The van der Waals surface area contributed by atoms with Gasteiger partial charge in [-0.15, -0.1) is 0 Å². The smallest absolute Gasteiger partial charge is 0.200 e. The molecule has 1 aromatic heterocycles.